The molecule has 4 heteroatoms. The summed E-state index contributed by atoms with van der Waals surface area (Å²) in [6.07, 6.45) is 16.8. The fourth-order valence-electron chi connectivity index (χ4n) is 6.67. The van der Waals surface area contributed by atoms with Crippen LogP contribution >= 0.6 is 0 Å². The molecular formula is C25H35N3O. The number of benzene rings is 1. The molecule has 4 aliphatic rings. The Kier molecular flexibility index (Phi) is 5.49. The van der Waals surface area contributed by atoms with Crippen molar-refractivity contribution in [1.82, 2.24) is 15.8 Å². The van der Waals surface area contributed by atoms with Gasteiger partial charge in [0.25, 0.3) is 0 Å². The van der Waals surface area contributed by atoms with Gasteiger partial charge in [-0.05, 0) is 55.6 Å². The molecule has 2 N–H and O–H groups in total. The fourth-order valence-corrected chi connectivity index (χ4v) is 6.67. The van der Waals surface area contributed by atoms with Crippen LogP contribution in [0.5, 0.6) is 0 Å². The van der Waals surface area contributed by atoms with Crippen LogP contribution in [0.2, 0.25) is 0 Å². The average Bonchev–Trinajstić information content (AvgIpc) is 3.42. The second-order valence-electron chi connectivity index (χ2n) is 9.91. The number of carbonyl (C=O) groups is 1. The van der Waals surface area contributed by atoms with Gasteiger partial charge in [0.15, 0.2) is 0 Å². The van der Waals surface area contributed by atoms with E-state index in [0.29, 0.717) is 12.0 Å². The van der Waals surface area contributed by atoms with Gasteiger partial charge in [-0.1, -0.05) is 62.4 Å². The molecule has 1 heterocycles. The first-order valence-corrected chi connectivity index (χ1v) is 11.8. The predicted molar refractivity (Wildman–Crippen MR) is 117 cm³/mol. The minimum absolute atomic E-state index is 0.123. The molecule has 1 amide bonds. The van der Waals surface area contributed by atoms with E-state index in [9.17, 15) is 4.79 Å². The number of hydrazine groups is 1. The topological polar surface area (TPSA) is 44.4 Å². The molecule has 4 atom stereocenters. The Labute approximate surface area is 175 Å². The number of amides is 1. The zero-order valence-corrected chi connectivity index (χ0v) is 17.5. The van der Waals surface area contributed by atoms with E-state index in [-0.39, 0.29) is 17.5 Å². The van der Waals surface area contributed by atoms with Crippen LogP contribution in [0.25, 0.3) is 6.08 Å². The van der Waals surface area contributed by atoms with Crippen LogP contribution in [0, 0.1) is 17.3 Å². The van der Waals surface area contributed by atoms with Crippen LogP contribution in [0.3, 0.4) is 0 Å². The van der Waals surface area contributed by atoms with Crippen molar-refractivity contribution in [2.24, 2.45) is 17.3 Å². The molecule has 2 bridgehead atoms. The predicted octanol–water partition coefficient (Wildman–Crippen LogP) is 4.49. The van der Waals surface area contributed by atoms with Crippen molar-refractivity contribution in [3.05, 3.63) is 42.0 Å². The molecule has 4 nitrogen and oxygen atoms in total. The summed E-state index contributed by atoms with van der Waals surface area (Å²) in [5, 5.41) is 0. The van der Waals surface area contributed by atoms with Crippen molar-refractivity contribution in [3.63, 3.8) is 0 Å². The maximum Gasteiger partial charge on any atom is 0.248 e. The van der Waals surface area contributed by atoms with Crippen LogP contribution in [-0.4, -0.2) is 29.6 Å². The van der Waals surface area contributed by atoms with Crippen LogP contribution in [-0.2, 0) is 4.79 Å². The Morgan fingerprint density at radius 2 is 1.83 bits per heavy atom. The highest BCUT2D eigenvalue weighted by Gasteiger charge is 2.52. The third-order valence-corrected chi connectivity index (χ3v) is 8.17. The second kappa shape index (κ2) is 8.23. The number of carbonyl (C=O) groups excluding carboxylic acids is 1. The first-order chi connectivity index (χ1) is 14.3. The maximum atomic E-state index is 13.7. The van der Waals surface area contributed by atoms with Gasteiger partial charge in [0.1, 0.15) is 6.17 Å². The summed E-state index contributed by atoms with van der Waals surface area (Å²) in [6.45, 7) is 0.991. The molecule has 1 spiro atoms. The number of nitrogens with zero attached hydrogens (tertiary/aromatic N) is 1. The molecule has 4 fully saturated rings. The SMILES string of the molecule is O=C(/C=C/c1ccccc1)N(C1CC2CCC1C2)C1NNCC12CCCCCC2. The van der Waals surface area contributed by atoms with Crippen molar-refractivity contribution in [2.45, 2.75) is 76.4 Å². The molecule has 29 heavy (non-hydrogen) atoms. The number of hydrogen-bond donors (Lipinski definition) is 2. The highest BCUT2D eigenvalue weighted by atomic mass is 16.2. The van der Waals surface area contributed by atoms with Crippen molar-refractivity contribution in [1.29, 1.82) is 0 Å². The highest BCUT2D eigenvalue weighted by Crippen LogP contribution is 2.49. The number of fused-ring (bicyclic) bond motifs is 2. The van der Waals surface area contributed by atoms with E-state index < -0.39 is 0 Å². The Morgan fingerprint density at radius 1 is 1.03 bits per heavy atom. The van der Waals surface area contributed by atoms with E-state index in [1.807, 2.05) is 30.4 Å². The summed E-state index contributed by atoms with van der Waals surface area (Å²) in [5.41, 5.74) is 8.33. The highest BCUT2D eigenvalue weighted by molar-refractivity contribution is 5.92. The Hall–Kier alpha value is -1.65. The zero-order valence-electron chi connectivity index (χ0n) is 17.5. The van der Waals surface area contributed by atoms with Crippen LogP contribution < -0.4 is 10.9 Å². The van der Waals surface area contributed by atoms with Crippen LogP contribution in [0.4, 0.5) is 0 Å². The Bertz CT molecular complexity index is 738. The van der Waals surface area contributed by atoms with E-state index in [1.54, 1.807) is 0 Å². The minimum Gasteiger partial charge on any atom is -0.319 e. The number of rotatable bonds is 4. The van der Waals surface area contributed by atoms with Gasteiger partial charge in [-0.3, -0.25) is 10.2 Å². The van der Waals surface area contributed by atoms with Crippen molar-refractivity contribution < 1.29 is 4.79 Å². The van der Waals surface area contributed by atoms with Gasteiger partial charge in [0.05, 0.1) is 0 Å². The first kappa shape index (κ1) is 19.3. The van der Waals surface area contributed by atoms with E-state index in [1.165, 1.54) is 64.2 Å². The third-order valence-electron chi connectivity index (χ3n) is 8.17. The molecule has 5 rings (SSSR count). The molecule has 0 aromatic heterocycles. The summed E-state index contributed by atoms with van der Waals surface area (Å²) in [6, 6.07) is 10.6. The summed E-state index contributed by atoms with van der Waals surface area (Å²) in [7, 11) is 0. The summed E-state index contributed by atoms with van der Waals surface area (Å²) in [4.78, 5) is 15.9. The molecule has 4 unspecified atom stereocenters. The molecule has 1 aromatic rings. The van der Waals surface area contributed by atoms with Crippen molar-refractivity contribution >= 4 is 12.0 Å². The van der Waals surface area contributed by atoms with Crippen molar-refractivity contribution in [2.75, 3.05) is 6.54 Å². The Morgan fingerprint density at radius 3 is 2.52 bits per heavy atom. The summed E-state index contributed by atoms with van der Waals surface area (Å²) < 4.78 is 0. The van der Waals surface area contributed by atoms with Gasteiger partial charge in [-0.2, -0.15) is 0 Å². The smallest absolute Gasteiger partial charge is 0.248 e. The van der Waals surface area contributed by atoms with E-state index in [4.69, 9.17) is 0 Å². The molecule has 3 aliphatic carbocycles. The summed E-state index contributed by atoms with van der Waals surface area (Å²) >= 11 is 0. The lowest BCUT2D eigenvalue weighted by Gasteiger charge is -2.45. The monoisotopic (exact) mass is 393 g/mol. The first-order valence-electron chi connectivity index (χ1n) is 11.8. The van der Waals surface area contributed by atoms with Gasteiger partial charge >= 0.3 is 0 Å². The van der Waals surface area contributed by atoms with E-state index in [0.717, 1.165) is 18.0 Å². The lowest BCUT2D eigenvalue weighted by atomic mass is 9.77. The molecule has 1 aromatic carbocycles. The van der Waals surface area contributed by atoms with Gasteiger partial charge in [-0.15, -0.1) is 0 Å². The van der Waals surface area contributed by atoms with Crippen molar-refractivity contribution in [3.8, 4) is 0 Å². The lowest BCUT2D eigenvalue weighted by Crippen LogP contribution is -2.58. The minimum atomic E-state index is 0.123. The second-order valence-corrected chi connectivity index (χ2v) is 9.91. The number of hydrogen-bond acceptors (Lipinski definition) is 3. The zero-order chi connectivity index (χ0) is 19.7. The quantitative estimate of drug-likeness (QED) is 0.741. The molecule has 156 valence electrons. The number of nitrogens with one attached hydrogen (secondary N) is 2. The van der Waals surface area contributed by atoms with Crippen LogP contribution in [0.15, 0.2) is 36.4 Å². The molecule has 0 radical (unpaired) electrons. The molecule has 1 aliphatic heterocycles. The summed E-state index contributed by atoms with van der Waals surface area (Å²) in [5.74, 6) is 1.72. The van der Waals surface area contributed by atoms with Gasteiger partial charge in [0, 0.05) is 24.1 Å². The molecule has 1 saturated heterocycles. The fraction of sp³-hybridized carbons (Fsp3) is 0.640. The molecular weight excluding hydrogens is 358 g/mol. The average molecular weight is 394 g/mol. The van der Waals surface area contributed by atoms with Crippen LogP contribution in [0.1, 0.15) is 69.8 Å². The lowest BCUT2D eigenvalue weighted by molar-refractivity contribution is -0.136. The molecule has 3 saturated carbocycles. The van der Waals surface area contributed by atoms with Gasteiger partial charge < -0.3 is 4.90 Å². The normalized spacial score (nSPS) is 33.4. The van der Waals surface area contributed by atoms with Gasteiger partial charge in [0.2, 0.25) is 5.91 Å². The van der Waals surface area contributed by atoms with E-state index in [2.05, 4.69) is 27.9 Å². The largest absolute Gasteiger partial charge is 0.319 e. The standard InChI is InChI=1S/C25H35N3O/c29-23(13-11-19-8-4-3-5-9-19)28(22-17-20-10-12-21(22)16-20)24-25(18-26-27-24)14-6-1-2-7-15-25/h3-5,8-9,11,13,20-22,24,26-27H,1-2,6-7,10,12,14-18H2/b13-11+. The van der Waals surface area contributed by atoms with E-state index >= 15 is 0 Å². The maximum absolute atomic E-state index is 13.7. The Balaban J connectivity index is 1.44. The van der Waals surface area contributed by atoms with Gasteiger partial charge in [-0.25, -0.2) is 5.43 Å². The third kappa shape index (κ3) is 3.77.